The number of rotatable bonds is 5. The monoisotopic (exact) mass is 417 g/mol. The Morgan fingerprint density at radius 3 is 2.42 bits per heavy atom. The first-order valence-corrected chi connectivity index (χ1v) is 9.80. The SMILES string of the molecule is CC(NC(=O)Cn1c(=O)n(-c2cccc(F)c2)c(=O)c2ccccc21)c1ccccc1. The van der Waals surface area contributed by atoms with E-state index >= 15 is 0 Å². The average molecular weight is 417 g/mol. The second-order valence-electron chi connectivity index (χ2n) is 7.21. The smallest absolute Gasteiger partial charge is 0.336 e. The molecule has 0 spiro atoms. The van der Waals surface area contributed by atoms with E-state index in [2.05, 4.69) is 5.32 Å². The molecule has 6 nitrogen and oxygen atoms in total. The number of nitrogens with zero attached hydrogens (tertiary/aromatic N) is 2. The van der Waals surface area contributed by atoms with E-state index in [1.165, 1.54) is 22.8 Å². The van der Waals surface area contributed by atoms with Gasteiger partial charge in [-0.05, 0) is 42.8 Å². The van der Waals surface area contributed by atoms with Crippen LogP contribution < -0.4 is 16.6 Å². The van der Waals surface area contributed by atoms with Crippen LogP contribution in [-0.2, 0) is 11.3 Å². The van der Waals surface area contributed by atoms with Gasteiger partial charge in [0, 0.05) is 0 Å². The normalized spacial score (nSPS) is 11.9. The Bertz CT molecular complexity index is 1380. The van der Waals surface area contributed by atoms with Crippen LogP contribution in [0.15, 0.2) is 88.5 Å². The number of benzene rings is 3. The quantitative estimate of drug-likeness (QED) is 0.542. The van der Waals surface area contributed by atoms with Gasteiger partial charge < -0.3 is 5.32 Å². The minimum Gasteiger partial charge on any atom is -0.348 e. The van der Waals surface area contributed by atoms with E-state index < -0.39 is 17.1 Å². The van der Waals surface area contributed by atoms with E-state index in [4.69, 9.17) is 0 Å². The largest absolute Gasteiger partial charge is 0.348 e. The van der Waals surface area contributed by atoms with Crippen molar-refractivity contribution >= 4 is 16.8 Å². The van der Waals surface area contributed by atoms with Crippen molar-refractivity contribution in [1.82, 2.24) is 14.5 Å². The van der Waals surface area contributed by atoms with Gasteiger partial charge in [0.15, 0.2) is 0 Å². The molecule has 0 fully saturated rings. The molecule has 0 saturated carbocycles. The molecule has 1 atom stereocenters. The lowest BCUT2D eigenvalue weighted by molar-refractivity contribution is -0.122. The molecule has 7 heteroatoms. The average Bonchev–Trinajstić information content (AvgIpc) is 2.77. The number of nitrogens with one attached hydrogen (secondary N) is 1. The number of para-hydroxylation sites is 1. The Morgan fingerprint density at radius 1 is 0.968 bits per heavy atom. The maximum atomic E-state index is 13.8. The van der Waals surface area contributed by atoms with Gasteiger partial charge in [0.25, 0.3) is 5.56 Å². The Balaban J connectivity index is 1.78. The Morgan fingerprint density at radius 2 is 1.68 bits per heavy atom. The highest BCUT2D eigenvalue weighted by Crippen LogP contribution is 2.13. The van der Waals surface area contributed by atoms with Crippen molar-refractivity contribution < 1.29 is 9.18 Å². The third-order valence-electron chi connectivity index (χ3n) is 5.10. The first-order valence-electron chi connectivity index (χ1n) is 9.80. The molecule has 1 aromatic heterocycles. The van der Waals surface area contributed by atoms with Gasteiger partial charge in [-0.2, -0.15) is 0 Å². The Kier molecular flexibility index (Phi) is 5.49. The second-order valence-corrected chi connectivity index (χ2v) is 7.21. The fraction of sp³-hybridized carbons (Fsp3) is 0.125. The number of hydrogen-bond acceptors (Lipinski definition) is 3. The first-order chi connectivity index (χ1) is 15.0. The zero-order chi connectivity index (χ0) is 22.0. The highest BCUT2D eigenvalue weighted by Gasteiger charge is 2.17. The molecule has 1 heterocycles. The lowest BCUT2D eigenvalue weighted by Gasteiger charge is -2.17. The summed E-state index contributed by atoms with van der Waals surface area (Å²) in [6.45, 7) is 1.56. The molecule has 1 amide bonds. The summed E-state index contributed by atoms with van der Waals surface area (Å²) in [7, 11) is 0. The number of hydrogen-bond donors (Lipinski definition) is 1. The summed E-state index contributed by atoms with van der Waals surface area (Å²) in [5.41, 5.74) is 0.0929. The third kappa shape index (κ3) is 4.02. The van der Waals surface area contributed by atoms with Crippen LogP contribution in [0, 0.1) is 5.82 Å². The van der Waals surface area contributed by atoms with E-state index in [1.807, 2.05) is 37.3 Å². The zero-order valence-electron chi connectivity index (χ0n) is 16.8. The van der Waals surface area contributed by atoms with Crippen molar-refractivity contribution in [3.05, 3.63) is 111 Å². The van der Waals surface area contributed by atoms with Gasteiger partial charge in [0.1, 0.15) is 12.4 Å². The molecule has 0 saturated heterocycles. The summed E-state index contributed by atoms with van der Waals surface area (Å²) in [5.74, 6) is -0.953. The van der Waals surface area contributed by atoms with Crippen molar-refractivity contribution in [1.29, 1.82) is 0 Å². The lowest BCUT2D eigenvalue weighted by atomic mass is 10.1. The molecule has 0 bridgehead atoms. The van der Waals surface area contributed by atoms with Crippen molar-refractivity contribution in [3.63, 3.8) is 0 Å². The maximum absolute atomic E-state index is 13.8. The number of halogens is 1. The molecular formula is C24H20FN3O3. The minimum atomic E-state index is -0.711. The number of carbonyl (C=O) groups excluding carboxylic acids is 1. The summed E-state index contributed by atoms with van der Waals surface area (Å²) < 4.78 is 15.9. The fourth-order valence-corrected chi connectivity index (χ4v) is 3.57. The van der Waals surface area contributed by atoms with E-state index in [-0.39, 0.29) is 29.6 Å². The molecule has 1 unspecified atom stereocenters. The standard InChI is InChI=1S/C24H20FN3O3/c1-16(17-8-3-2-4-9-17)26-22(29)15-27-21-13-6-5-12-20(21)23(30)28(24(27)31)19-11-7-10-18(25)14-19/h2-14,16H,15H2,1H3,(H,26,29). The van der Waals surface area contributed by atoms with Gasteiger partial charge >= 0.3 is 5.69 Å². The topological polar surface area (TPSA) is 73.1 Å². The minimum absolute atomic E-state index is 0.104. The number of amides is 1. The van der Waals surface area contributed by atoms with Crippen molar-refractivity contribution in [2.45, 2.75) is 19.5 Å². The Hall–Kier alpha value is -4.00. The molecule has 31 heavy (non-hydrogen) atoms. The highest BCUT2D eigenvalue weighted by molar-refractivity contribution is 5.82. The molecule has 4 aromatic rings. The zero-order valence-corrected chi connectivity index (χ0v) is 16.8. The predicted octanol–water partition coefficient (Wildman–Crippen LogP) is 3.17. The van der Waals surface area contributed by atoms with Crippen LogP contribution in [0.25, 0.3) is 16.6 Å². The molecule has 3 aromatic carbocycles. The molecule has 1 N–H and O–H groups in total. The van der Waals surface area contributed by atoms with Crippen molar-refractivity contribution in [3.8, 4) is 5.69 Å². The van der Waals surface area contributed by atoms with E-state index in [0.717, 1.165) is 16.2 Å². The van der Waals surface area contributed by atoms with Crippen LogP contribution in [0.3, 0.4) is 0 Å². The molecular weight excluding hydrogens is 397 g/mol. The summed E-state index contributed by atoms with van der Waals surface area (Å²) in [5, 5.41) is 3.13. The van der Waals surface area contributed by atoms with Gasteiger partial charge in [-0.25, -0.2) is 13.8 Å². The van der Waals surface area contributed by atoms with Crippen LogP contribution in [0.4, 0.5) is 4.39 Å². The maximum Gasteiger partial charge on any atom is 0.336 e. The van der Waals surface area contributed by atoms with Gasteiger partial charge in [-0.15, -0.1) is 0 Å². The van der Waals surface area contributed by atoms with E-state index in [1.54, 1.807) is 24.3 Å². The van der Waals surface area contributed by atoms with Gasteiger partial charge in [0.2, 0.25) is 5.91 Å². The fourth-order valence-electron chi connectivity index (χ4n) is 3.57. The Labute approximate surface area is 177 Å². The van der Waals surface area contributed by atoms with Crippen molar-refractivity contribution in [2.24, 2.45) is 0 Å². The predicted molar refractivity (Wildman–Crippen MR) is 117 cm³/mol. The molecule has 0 radical (unpaired) electrons. The van der Waals surface area contributed by atoms with E-state index in [0.29, 0.717) is 5.52 Å². The van der Waals surface area contributed by atoms with Crippen LogP contribution in [0.2, 0.25) is 0 Å². The van der Waals surface area contributed by atoms with Crippen LogP contribution >= 0.6 is 0 Å². The number of fused-ring (bicyclic) bond motifs is 1. The molecule has 156 valence electrons. The van der Waals surface area contributed by atoms with Crippen molar-refractivity contribution in [2.75, 3.05) is 0 Å². The molecule has 0 aliphatic heterocycles. The van der Waals surface area contributed by atoms with Gasteiger partial charge in [0.05, 0.1) is 22.6 Å². The van der Waals surface area contributed by atoms with Crippen LogP contribution in [0.5, 0.6) is 0 Å². The van der Waals surface area contributed by atoms with Crippen LogP contribution in [0.1, 0.15) is 18.5 Å². The third-order valence-corrected chi connectivity index (χ3v) is 5.10. The first kappa shape index (κ1) is 20.3. The second kappa shape index (κ2) is 8.39. The van der Waals surface area contributed by atoms with Gasteiger partial charge in [-0.3, -0.25) is 14.2 Å². The summed E-state index contributed by atoms with van der Waals surface area (Å²) in [6, 6.07) is 21.0. The summed E-state index contributed by atoms with van der Waals surface area (Å²) in [4.78, 5) is 39.0. The van der Waals surface area contributed by atoms with E-state index in [9.17, 15) is 18.8 Å². The van der Waals surface area contributed by atoms with Gasteiger partial charge in [-0.1, -0.05) is 48.5 Å². The lowest BCUT2D eigenvalue weighted by Crippen LogP contribution is -2.42. The summed E-state index contributed by atoms with van der Waals surface area (Å²) >= 11 is 0. The number of aromatic nitrogens is 2. The molecule has 0 aliphatic carbocycles. The molecule has 0 aliphatic rings. The highest BCUT2D eigenvalue weighted by atomic mass is 19.1. The molecule has 4 rings (SSSR count). The summed E-state index contributed by atoms with van der Waals surface area (Å²) in [6.07, 6.45) is 0. The van der Waals surface area contributed by atoms with Crippen LogP contribution in [-0.4, -0.2) is 15.0 Å². The number of carbonyl (C=O) groups is 1.